The quantitative estimate of drug-likeness (QED) is 0.844. The van der Waals surface area contributed by atoms with E-state index in [0.717, 1.165) is 12.0 Å². The standard InChI is InChI=1S/C17H22N4O4/c1-11-19-15(20-25-11)12-5-6-14(18-9-12)23-13-7-8-21(10-13)16(22)24-17(2,3)4/h5-6,9,13H,7-8,10H2,1-4H3/t13-/m1/s1. The Balaban J connectivity index is 1.56. The topological polar surface area (TPSA) is 90.6 Å². The summed E-state index contributed by atoms with van der Waals surface area (Å²) in [5, 5.41) is 3.85. The van der Waals surface area contributed by atoms with Crippen LogP contribution in [0.4, 0.5) is 4.79 Å². The van der Waals surface area contributed by atoms with Crippen LogP contribution < -0.4 is 4.74 Å². The van der Waals surface area contributed by atoms with Gasteiger partial charge < -0.3 is 18.9 Å². The maximum absolute atomic E-state index is 12.1. The van der Waals surface area contributed by atoms with E-state index in [1.165, 1.54) is 0 Å². The van der Waals surface area contributed by atoms with Gasteiger partial charge in [0.25, 0.3) is 0 Å². The molecule has 3 heterocycles. The third-order valence-corrected chi connectivity index (χ3v) is 3.61. The van der Waals surface area contributed by atoms with Crippen molar-refractivity contribution in [2.75, 3.05) is 13.1 Å². The minimum Gasteiger partial charge on any atom is -0.472 e. The van der Waals surface area contributed by atoms with Gasteiger partial charge >= 0.3 is 6.09 Å². The number of pyridine rings is 1. The molecule has 2 aromatic rings. The Kier molecular flexibility index (Phi) is 4.61. The van der Waals surface area contributed by atoms with E-state index in [9.17, 15) is 4.79 Å². The van der Waals surface area contributed by atoms with Crippen molar-refractivity contribution in [2.45, 2.75) is 45.8 Å². The number of aryl methyl sites for hydroxylation is 1. The maximum Gasteiger partial charge on any atom is 0.410 e. The van der Waals surface area contributed by atoms with Gasteiger partial charge in [0.1, 0.15) is 11.7 Å². The molecule has 1 saturated heterocycles. The van der Waals surface area contributed by atoms with Crippen LogP contribution in [0.1, 0.15) is 33.1 Å². The summed E-state index contributed by atoms with van der Waals surface area (Å²) in [5.74, 6) is 1.50. The highest BCUT2D eigenvalue weighted by atomic mass is 16.6. The fourth-order valence-corrected chi connectivity index (χ4v) is 2.49. The van der Waals surface area contributed by atoms with E-state index in [1.54, 1.807) is 24.1 Å². The number of rotatable bonds is 3. The predicted octanol–water partition coefficient (Wildman–Crippen LogP) is 2.83. The predicted molar refractivity (Wildman–Crippen MR) is 89.1 cm³/mol. The van der Waals surface area contributed by atoms with Crippen LogP contribution in [-0.2, 0) is 4.74 Å². The van der Waals surface area contributed by atoms with Crippen LogP contribution in [0, 0.1) is 6.92 Å². The van der Waals surface area contributed by atoms with Crippen LogP contribution in [0.3, 0.4) is 0 Å². The van der Waals surface area contributed by atoms with E-state index in [0.29, 0.717) is 30.7 Å². The molecule has 0 bridgehead atoms. The SMILES string of the molecule is Cc1nc(-c2ccc(O[C@@H]3CCN(C(=O)OC(C)(C)C)C3)nc2)no1. The van der Waals surface area contributed by atoms with Gasteiger partial charge in [0.2, 0.25) is 17.6 Å². The molecule has 2 aromatic heterocycles. The fourth-order valence-electron chi connectivity index (χ4n) is 2.49. The molecular formula is C17H22N4O4. The highest BCUT2D eigenvalue weighted by Gasteiger charge is 2.31. The third-order valence-electron chi connectivity index (χ3n) is 3.61. The molecule has 0 saturated carbocycles. The molecule has 25 heavy (non-hydrogen) atoms. The molecule has 0 spiro atoms. The maximum atomic E-state index is 12.1. The number of aromatic nitrogens is 3. The van der Waals surface area contributed by atoms with E-state index < -0.39 is 5.60 Å². The molecule has 3 rings (SSSR count). The second kappa shape index (κ2) is 6.70. The number of hydrogen-bond donors (Lipinski definition) is 0. The molecule has 8 nitrogen and oxygen atoms in total. The average Bonchev–Trinajstić information content (AvgIpc) is 3.16. The molecule has 134 valence electrons. The summed E-state index contributed by atoms with van der Waals surface area (Å²) in [6.07, 6.45) is 1.97. The number of nitrogens with zero attached hydrogens (tertiary/aromatic N) is 4. The normalized spacial score (nSPS) is 17.6. The molecule has 1 amide bonds. The monoisotopic (exact) mass is 346 g/mol. The second-order valence-electron chi connectivity index (χ2n) is 6.98. The lowest BCUT2D eigenvalue weighted by Gasteiger charge is -2.24. The first-order chi connectivity index (χ1) is 11.8. The number of carbonyl (C=O) groups is 1. The van der Waals surface area contributed by atoms with Gasteiger partial charge in [-0.2, -0.15) is 4.98 Å². The van der Waals surface area contributed by atoms with Crippen LogP contribution in [0.15, 0.2) is 22.9 Å². The lowest BCUT2D eigenvalue weighted by Crippen LogP contribution is -2.36. The highest BCUT2D eigenvalue weighted by Crippen LogP contribution is 2.21. The summed E-state index contributed by atoms with van der Waals surface area (Å²) in [6, 6.07) is 3.59. The number of carbonyl (C=O) groups excluding carboxylic acids is 1. The molecule has 0 aliphatic carbocycles. The fraction of sp³-hybridized carbons (Fsp3) is 0.529. The zero-order chi connectivity index (χ0) is 18.0. The van der Waals surface area contributed by atoms with Crippen molar-refractivity contribution in [1.82, 2.24) is 20.0 Å². The van der Waals surface area contributed by atoms with Gasteiger partial charge in [-0.1, -0.05) is 5.16 Å². The van der Waals surface area contributed by atoms with E-state index in [4.69, 9.17) is 14.0 Å². The molecule has 0 radical (unpaired) electrons. The molecule has 1 fully saturated rings. The Labute approximate surface area is 146 Å². The number of hydrogen-bond acceptors (Lipinski definition) is 7. The van der Waals surface area contributed by atoms with Crippen molar-refractivity contribution in [3.8, 4) is 17.3 Å². The minimum absolute atomic E-state index is 0.0988. The van der Waals surface area contributed by atoms with Crippen molar-refractivity contribution in [2.24, 2.45) is 0 Å². The molecule has 1 aliphatic heterocycles. The summed E-state index contributed by atoms with van der Waals surface area (Å²) < 4.78 is 16.2. The van der Waals surface area contributed by atoms with Crippen LogP contribution in [0.25, 0.3) is 11.4 Å². The zero-order valence-corrected chi connectivity index (χ0v) is 14.9. The van der Waals surface area contributed by atoms with Crippen molar-refractivity contribution in [1.29, 1.82) is 0 Å². The van der Waals surface area contributed by atoms with E-state index in [1.807, 2.05) is 26.8 Å². The second-order valence-corrected chi connectivity index (χ2v) is 6.98. The van der Waals surface area contributed by atoms with Crippen molar-refractivity contribution in [3.05, 3.63) is 24.2 Å². The Hall–Kier alpha value is -2.64. The van der Waals surface area contributed by atoms with Gasteiger partial charge in [-0.15, -0.1) is 0 Å². The molecular weight excluding hydrogens is 324 g/mol. The van der Waals surface area contributed by atoms with Gasteiger partial charge in [-0.3, -0.25) is 0 Å². The first-order valence-electron chi connectivity index (χ1n) is 8.21. The van der Waals surface area contributed by atoms with Gasteiger partial charge in [-0.25, -0.2) is 9.78 Å². The smallest absolute Gasteiger partial charge is 0.410 e. The zero-order valence-electron chi connectivity index (χ0n) is 14.9. The lowest BCUT2D eigenvalue weighted by atomic mass is 10.2. The summed E-state index contributed by atoms with van der Waals surface area (Å²) in [6.45, 7) is 8.39. The molecule has 1 aliphatic rings. The van der Waals surface area contributed by atoms with Crippen LogP contribution in [0.2, 0.25) is 0 Å². The number of likely N-dealkylation sites (tertiary alicyclic amines) is 1. The Morgan fingerprint density at radius 3 is 2.76 bits per heavy atom. The Morgan fingerprint density at radius 1 is 1.36 bits per heavy atom. The van der Waals surface area contributed by atoms with Crippen molar-refractivity contribution in [3.63, 3.8) is 0 Å². The lowest BCUT2D eigenvalue weighted by molar-refractivity contribution is 0.0275. The summed E-state index contributed by atoms with van der Waals surface area (Å²) in [4.78, 5) is 22.2. The summed E-state index contributed by atoms with van der Waals surface area (Å²) >= 11 is 0. The molecule has 0 unspecified atom stereocenters. The Morgan fingerprint density at radius 2 is 2.16 bits per heavy atom. The van der Waals surface area contributed by atoms with Crippen LogP contribution in [-0.4, -0.2) is 50.9 Å². The average molecular weight is 346 g/mol. The molecule has 0 N–H and O–H groups in total. The van der Waals surface area contributed by atoms with Crippen LogP contribution >= 0.6 is 0 Å². The van der Waals surface area contributed by atoms with Crippen molar-refractivity contribution >= 4 is 6.09 Å². The highest BCUT2D eigenvalue weighted by molar-refractivity contribution is 5.68. The first-order valence-corrected chi connectivity index (χ1v) is 8.21. The minimum atomic E-state index is -0.499. The number of ether oxygens (including phenoxy) is 2. The van der Waals surface area contributed by atoms with E-state index in [2.05, 4.69) is 15.1 Å². The van der Waals surface area contributed by atoms with E-state index >= 15 is 0 Å². The summed E-state index contributed by atoms with van der Waals surface area (Å²) in [5.41, 5.74) is 0.256. The van der Waals surface area contributed by atoms with E-state index in [-0.39, 0.29) is 12.2 Å². The van der Waals surface area contributed by atoms with Crippen molar-refractivity contribution < 1.29 is 18.8 Å². The Bertz CT molecular complexity index is 736. The van der Waals surface area contributed by atoms with Gasteiger partial charge in [0.15, 0.2) is 0 Å². The largest absolute Gasteiger partial charge is 0.472 e. The first kappa shape index (κ1) is 17.2. The third kappa shape index (κ3) is 4.46. The summed E-state index contributed by atoms with van der Waals surface area (Å²) in [7, 11) is 0. The molecule has 0 aromatic carbocycles. The van der Waals surface area contributed by atoms with Gasteiger partial charge in [0, 0.05) is 37.7 Å². The molecule has 1 atom stereocenters. The van der Waals surface area contributed by atoms with Gasteiger partial charge in [-0.05, 0) is 26.8 Å². The number of amides is 1. The molecule has 8 heteroatoms. The van der Waals surface area contributed by atoms with Gasteiger partial charge in [0.05, 0.1) is 6.54 Å². The van der Waals surface area contributed by atoms with Crippen LogP contribution in [0.5, 0.6) is 5.88 Å².